The first-order valence-electron chi connectivity index (χ1n) is 5.67. The van der Waals surface area contributed by atoms with Crippen LogP contribution in [0, 0.1) is 5.92 Å². The summed E-state index contributed by atoms with van der Waals surface area (Å²) in [4.78, 5) is 0. The van der Waals surface area contributed by atoms with E-state index in [1.54, 1.807) is 0 Å². The van der Waals surface area contributed by atoms with Gasteiger partial charge in [-0.1, -0.05) is 37.6 Å². The number of hydrogen-bond acceptors (Lipinski definition) is 1. The number of nitrogens with one attached hydrogen (secondary N) is 1. The molecule has 1 aromatic rings. The van der Waals surface area contributed by atoms with Gasteiger partial charge in [-0.15, -0.1) is 0 Å². The monoisotopic (exact) mass is 303 g/mol. The minimum atomic E-state index is 0.340. The Morgan fingerprint density at radius 1 is 1.31 bits per heavy atom. The highest BCUT2D eigenvalue weighted by Crippen LogP contribution is 2.32. The largest absolute Gasteiger partial charge is 0.313 e. The van der Waals surface area contributed by atoms with Crippen LogP contribution >= 0.6 is 27.5 Å². The van der Waals surface area contributed by atoms with Gasteiger partial charge < -0.3 is 5.32 Å². The Bertz CT molecular complexity index is 339. The number of rotatable bonds is 5. The zero-order valence-corrected chi connectivity index (χ0v) is 12.4. The highest BCUT2D eigenvalue weighted by Gasteiger charge is 2.14. The van der Waals surface area contributed by atoms with Gasteiger partial charge in [0.15, 0.2) is 0 Å². The van der Waals surface area contributed by atoms with Crippen molar-refractivity contribution in [1.29, 1.82) is 0 Å². The molecule has 0 spiro atoms. The van der Waals surface area contributed by atoms with Crippen molar-refractivity contribution in [2.24, 2.45) is 5.92 Å². The van der Waals surface area contributed by atoms with E-state index < -0.39 is 0 Å². The maximum Gasteiger partial charge on any atom is 0.0595 e. The molecule has 0 aliphatic rings. The van der Waals surface area contributed by atoms with E-state index in [0.29, 0.717) is 6.04 Å². The fourth-order valence-electron chi connectivity index (χ4n) is 1.74. The summed E-state index contributed by atoms with van der Waals surface area (Å²) >= 11 is 9.76. The Labute approximate surface area is 112 Å². The van der Waals surface area contributed by atoms with Gasteiger partial charge in [-0.25, -0.2) is 0 Å². The Balaban J connectivity index is 2.82. The lowest BCUT2D eigenvalue weighted by molar-refractivity contribution is 0.465. The van der Waals surface area contributed by atoms with Gasteiger partial charge in [0.25, 0.3) is 0 Å². The summed E-state index contributed by atoms with van der Waals surface area (Å²) in [6.07, 6.45) is 2.32. The molecule has 0 heterocycles. The van der Waals surface area contributed by atoms with Crippen LogP contribution in [-0.2, 0) is 0 Å². The first-order chi connectivity index (χ1) is 7.56. The Kier molecular flexibility index (Phi) is 5.81. The average Bonchev–Trinajstić information content (AvgIpc) is 2.24. The van der Waals surface area contributed by atoms with Gasteiger partial charge in [-0.05, 0) is 53.4 Å². The zero-order chi connectivity index (χ0) is 12.1. The van der Waals surface area contributed by atoms with E-state index in [0.717, 1.165) is 21.8 Å². The molecule has 0 aliphatic heterocycles. The molecule has 0 saturated carbocycles. The van der Waals surface area contributed by atoms with Crippen molar-refractivity contribution in [1.82, 2.24) is 5.32 Å². The molecular weight excluding hydrogens is 286 g/mol. The van der Waals surface area contributed by atoms with Crippen molar-refractivity contribution in [3.63, 3.8) is 0 Å². The highest BCUT2D eigenvalue weighted by molar-refractivity contribution is 9.10. The van der Waals surface area contributed by atoms with Crippen LogP contribution in [0.15, 0.2) is 22.7 Å². The fourth-order valence-corrected chi connectivity index (χ4v) is 2.38. The summed E-state index contributed by atoms with van der Waals surface area (Å²) in [7, 11) is 1.99. The molecule has 1 aromatic carbocycles. The van der Waals surface area contributed by atoms with Crippen molar-refractivity contribution >= 4 is 27.5 Å². The van der Waals surface area contributed by atoms with Gasteiger partial charge in [0.05, 0.1) is 5.02 Å². The molecule has 3 heteroatoms. The van der Waals surface area contributed by atoms with E-state index in [1.807, 2.05) is 19.2 Å². The third-order valence-corrected chi connectivity index (χ3v) is 4.05. The topological polar surface area (TPSA) is 12.0 Å². The van der Waals surface area contributed by atoms with Crippen LogP contribution < -0.4 is 5.32 Å². The van der Waals surface area contributed by atoms with Crippen molar-refractivity contribution < 1.29 is 0 Å². The molecule has 0 aliphatic carbocycles. The molecule has 0 radical (unpaired) electrons. The highest BCUT2D eigenvalue weighted by atomic mass is 79.9. The summed E-state index contributed by atoms with van der Waals surface area (Å²) < 4.78 is 0.969. The summed E-state index contributed by atoms with van der Waals surface area (Å²) in [5, 5.41) is 4.16. The maximum absolute atomic E-state index is 6.30. The Hall–Kier alpha value is -0.0500. The smallest absolute Gasteiger partial charge is 0.0595 e. The van der Waals surface area contributed by atoms with Gasteiger partial charge in [-0.2, -0.15) is 0 Å². The normalized spacial score (nSPS) is 13.1. The SMILES string of the molecule is CNC(CCC(C)C)c1cccc(Br)c1Cl. The number of hydrogen-bond donors (Lipinski definition) is 1. The molecule has 0 fully saturated rings. The van der Waals surface area contributed by atoms with E-state index >= 15 is 0 Å². The third-order valence-electron chi connectivity index (χ3n) is 2.74. The van der Waals surface area contributed by atoms with E-state index in [2.05, 4.69) is 41.2 Å². The molecule has 90 valence electrons. The second kappa shape index (κ2) is 6.63. The molecular formula is C13H19BrClN. The predicted molar refractivity (Wildman–Crippen MR) is 75.0 cm³/mol. The second-order valence-electron chi connectivity index (χ2n) is 4.46. The molecule has 1 rings (SSSR count). The zero-order valence-electron chi connectivity index (χ0n) is 10.1. The van der Waals surface area contributed by atoms with E-state index in [9.17, 15) is 0 Å². The third kappa shape index (κ3) is 3.76. The van der Waals surface area contributed by atoms with Crippen molar-refractivity contribution in [2.75, 3.05) is 7.05 Å². The van der Waals surface area contributed by atoms with Gasteiger partial charge >= 0.3 is 0 Å². The maximum atomic E-state index is 6.30. The molecule has 1 nitrogen and oxygen atoms in total. The molecule has 1 atom stereocenters. The van der Waals surface area contributed by atoms with Crippen LogP contribution in [0.1, 0.15) is 38.3 Å². The predicted octanol–water partition coefficient (Wildman–Crippen LogP) is 4.80. The fraction of sp³-hybridized carbons (Fsp3) is 0.538. The van der Waals surface area contributed by atoms with E-state index in [4.69, 9.17) is 11.6 Å². The van der Waals surface area contributed by atoms with Gasteiger partial charge in [0, 0.05) is 10.5 Å². The molecule has 1 unspecified atom stereocenters. The second-order valence-corrected chi connectivity index (χ2v) is 5.69. The lowest BCUT2D eigenvalue weighted by atomic mass is 9.98. The summed E-state index contributed by atoms with van der Waals surface area (Å²) in [6, 6.07) is 6.44. The number of halogens is 2. The van der Waals surface area contributed by atoms with Crippen molar-refractivity contribution in [3.05, 3.63) is 33.3 Å². The van der Waals surface area contributed by atoms with Crippen LogP contribution in [-0.4, -0.2) is 7.05 Å². The van der Waals surface area contributed by atoms with Gasteiger partial charge in [-0.3, -0.25) is 0 Å². The first-order valence-corrected chi connectivity index (χ1v) is 6.84. The van der Waals surface area contributed by atoms with Crippen molar-refractivity contribution in [3.8, 4) is 0 Å². The molecule has 16 heavy (non-hydrogen) atoms. The van der Waals surface area contributed by atoms with Crippen LogP contribution in [0.3, 0.4) is 0 Å². The molecule has 0 amide bonds. The Morgan fingerprint density at radius 3 is 2.56 bits per heavy atom. The van der Waals surface area contributed by atoms with Gasteiger partial charge in [0.2, 0.25) is 0 Å². The Morgan fingerprint density at radius 2 is 2.00 bits per heavy atom. The van der Waals surface area contributed by atoms with Crippen molar-refractivity contribution in [2.45, 2.75) is 32.7 Å². The quantitative estimate of drug-likeness (QED) is 0.824. The van der Waals surface area contributed by atoms with E-state index in [-0.39, 0.29) is 0 Å². The lowest BCUT2D eigenvalue weighted by Gasteiger charge is -2.19. The van der Waals surface area contributed by atoms with Gasteiger partial charge in [0.1, 0.15) is 0 Å². The van der Waals surface area contributed by atoms with Crippen LogP contribution in [0.2, 0.25) is 5.02 Å². The first kappa shape index (κ1) is 14.0. The minimum absolute atomic E-state index is 0.340. The summed E-state index contributed by atoms with van der Waals surface area (Å²) in [5.74, 6) is 0.724. The molecule has 0 aromatic heterocycles. The van der Waals surface area contributed by atoms with Crippen LogP contribution in [0.5, 0.6) is 0 Å². The average molecular weight is 305 g/mol. The molecule has 0 saturated heterocycles. The van der Waals surface area contributed by atoms with Crippen LogP contribution in [0.25, 0.3) is 0 Å². The summed E-state index contributed by atoms with van der Waals surface area (Å²) in [6.45, 7) is 4.49. The summed E-state index contributed by atoms with van der Waals surface area (Å²) in [5.41, 5.74) is 1.18. The molecule has 1 N–H and O–H groups in total. The van der Waals surface area contributed by atoms with Crippen LogP contribution in [0.4, 0.5) is 0 Å². The number of benzene rings is 1. The lowest BCUT2D eigenvalue weighted by Crippen LogP contribution is -2.17. The standard InChI is InChI=1S/C13H19BrClN/c1-9(2)7-8-12(16-3)10-5-4-6-11(14)13(10)15/h4-6,9,12,16H,7-8H2,1-3H3. The molecule has 0 bridgehead atoms. The minimum Gasteiger partial charge on any atom is -0.313 e. The van der Waals surface area contributed by atoms with E-state index in [1.165, 1.54) is 12.0 Å².